The Hall–Kier alpha value is -2.69. The van der Waals surface area contributed by atoms with Gasteiger partial charge in [0.15, 0.2) is 0 Å². The minimum atomic E-state index is -0.306. The van der Waals surface area contributed by atoms with Crippen LogP contribution in [0.25, 0.3) is 0 Å². The summed E-state index contributed by atoms with van der Waals surface area (Å²) in [5.41, 5.74) is 8.74. The molecule has 0 atom stereocenters. The number of carbonyl (C=O) groups is 1. The molecule has 5 nitrogen and oxygen atoms in total. The Kier molecular flexibility index (Phi) is 4.10. The zero-order chi connectivity index (χ0) is 14.5. The van der Waals surface area contributed by atoms with Gasteiger partial charge in [-0.1, -0.05) is 0 Å². The number of nitrogens with one attached hydrogen (secondary N) is 2. The number of carbonyl (C=O) groups excluding carboxylic acids is 1. The molecule has 0 spiro atoms. The first-order chi connectivity index (χ1) is 9.58. The molecular formula is C15H17N3O2. The summed E-state index contributed by atoms with van der Waals surface area (Å²) < 4.78 is 5.05. The number of aryl methyl sites for hydroxylation is 1. The van der Waals surface area contributed by atoms with E-state index in [1.807, 2.05) is 13.0 Å². The van der Waals surface area contributed by atoms with Gasteiger partial charge in [-0.15, -0.1) is 0 Å². The summed E-state index contributed by atoms with van der Waals surface area (Å²) in [5.74, 6) is 0.741. The van der Waals surface area contributed by atoms with Crippen molar-refractivity contribution in [1.29, 1.82) is 0 Å². The molecule has 20 heavy (non-hydrogen) atoms. The highest BCUT2D eigenvalue weighted by Crippen LogP contribution is 2.18. The Morgan fingerprint density at radius 2 is 1.65 bits per heavy atom. The van der Waals surface area contributed by atoms with Gasteiger partial charge in [-0.05, 0) is 55.0 Å². The number of anilines is 3. The molecule has 2 amide bonds. The summed E-state index contributed by atoms with van der Waals surface area (Å²) in [6.45, 7) is 1.89. The summed E-state index contributed by atoms with van der Waals surface area (Å²) in [5, 5.41) is 5.49. The van der Waals surface area contributed by atoms with Crippen molar-refractivity contribution in [3.8, 4) is 5.75 Å². The fraction of sp³-hybridized carbons (Fsp3) is 0.133. The highest BCUT2D eigenvalue weighted by Gasteiger charge is 2.04. The molecule has 104 valence electrons. The predicted molar refractivity (Wildman–Crippen MR) is 81.2 cm³/mol. The minimum absolute atomic E-state index is 0.306. The van der Waals surface area contributed by atoms with Gasteiger partial charge in [0.25, 0.3) is 0 Å². The third-order valence-corrected chi connectivity index (χ3v) is 2.88. The molecule has 0 heterocycles. The third kappa shape index (κ3) is 3.41. The average Bonchev–Trinajstić information content (AvgIpc) is 2.44. The number of urea groups is 1. The summed E-state index contributed by atoms with van der Waals surface area (Å²) in [6, 6.07) is 12.1. The second-order valence-corrected chi connectivity index (χ2v) is 4.38. The van der Waals surface area contributed by atoms with Crippen molar-refractivity contribution in [2.45, 2.75) is 6.92 Å². The van der Waals surface area contributed by atoms with Gasteiger partial charge in [0.05, 0.1) is 7.11 Å². The van der Waals surface area contributed by atoms with Crippen LogP contribution in [0.15, 0.2) is 42.5 Å². The maximum absolute atomic E-state index is 11.8. The first-order valence-corrected chi connectivity index (χ1v) is 6.16. The zero-order valence-electron chi connectivity index (χ0n) is 11.4. The smallest absolute Gasteiger partial charge is 0.323 e. The average molecular weight is 271 g/mol. The van der Waals surface area contributed by atoms with Crippen molar-refractivity contribution >= 4 is 23.1 Å². The Balaban J connectivity index is 1.99. The predicted octanol–water partition coefficient (Wildman–Crippen LogP) is 3.23. The van der Waals surface area contributed by atoms with Gasteiger partial charge in [0, 0.05) is 17.1 Å². The van der Waals surface area contributed by atoms with Gasteiger partial charge >= 0.3 is 6.03 Å². The molecule has 0 aliphatic heterocycles. The number of methoxy groups -OCH3 is 1. The van der Waals surface area contributed by atoms with E-state index in [9.17, 15) is 4.79 Å². The van der Waals surface area contributed by atoms with Gasteiger partial charge in [-0.3, -0.25) is 0 Å². The van der Waals surface area contributed by atoms with Crippen LogP contribution in [-0.2, 0) is 0 Å². The summed E-state index contributed by atoms with van der Waals surface area (Å²) in [7, 11) is 1.60. The molecule has 0 radical (unpaired) electrons. The highest BCUT2D eigenvalue weighted by molar-refractivity contribution is 5.99. The number of nitrogen functional groups attached to an aromatic ring is 1. The van der Waals surface area contributed by atoms with Crippen LogP contribution in [0.4, 0.5) is 21.9 Å². The first-order valence-electron chi connectivity index (χ1n) is 6.16. The van der Waals surface area contributed by atoms with E-state index in [-0.39, 0.29) is 6.03 Å². The van der Waals surface area contributed by atoms with Crippen LogP contribution in [0, 0.1) is 6.92 Å². The molecule has 4 N–H and O–H groups in total. The topological polar surface area (TPSA) is 76.4 Å². The van der Waals surface area contributed by atoms with Gasteiger partial charge in [0.2, 0.25) is 0 Å². The highest BCUT2D eigenvalue weighted by atomic mass is 16.5. The number of rotatable bonds is 3. The van der Waals surface area contributed by atoms with Crippen molar-refractivity contribution < 1.29 is 9.53 Å². The molecule has 0 aliphatic carbocycles. The molecule has 2 rings (SSSR count). The van der Waals surface area contributed by atoms with E-state index >= 15 is 0 Å². The molecule has 0 saturated carbocycles. The Labute approximate surface area is 117 Å². The molecule has 2 aromatic carbocycles. The van der Waals surface area contributed by atoms with Crippen molar-refractivity contribution in [2.24, 2.45) is 0 Å². The Morgan fingerprint density at radius 1 is 1.05 bits per heavy atom. The van der Waals surface area contributed by atoms with Crippen molar-refractivity contribution in [1.82, 2.24) is 0 Å². The zero-order valence-corrected chi connectivity index (χ0v) is 11.4. The van der Waals surface area contributed by atoms with Crippen LogP contribution >= 0.6 is 0 Å². The van der Waals surface area contributed by atoms with Gasteiger partial charge in [-0.2, -0.15) is 0 Å². The number of hydrogen-bond acceptors (Lipinski definition) is 3. The number of benzene rings is 2. The van der Waals surface area contributed by atoms with Gasteiger partial charge in [0.1, 0.15) is 5.75 Å². The Morgan fingerprint density at radius 3 is 2.25 bits per heavy atom. The summed E-state index contributed by atoms with van der Waals surface area (Å²) in [6.07, 6.45) is 0. The molecule has 2 aromatic rings. The lowest BCUT2D eigenvalue weighted by atomic mass is 10.2. The number of hydrogen-bond donors (Lipinski definition) is 3. The third-order valence-electron chi connectivity index (χ3n) is 2.88. The van der Waals surface area contributed by atoms with Crippen LogP contribution in [-0.4, -0.2) is 13.1 Å². The summed E-state index contributed by atoms with van der Waals surface area (Å²) in [4.78, 5) is 11.8. The fourth-order valence-corrected chi connectivity index (χ4v) is 1.72. The first kappa shape index (κ1) is 13.7. The van der Waals surface area contributed by atoms with E-state index in [0.29, 0.717) is 17.1 Å². The molecule has 0 fully saturated rings. The Bertz CT molecular complexity index is 609. The minimum Gasteiger partial charge on any atom is -0.497 e. The fourth-order valence-electron chi connectivity index (χ4n) is 1.72. The molecule has 0 bridgehead atoms. The van der Waals surface area contributed by atoms with Crippen LogP contribution in [0.3, 0.4) is 0 Å². The van der Waals surface area contributed by atoms with Gasteiger partial charge < -0.3 is 21.1 Å². The maximum Gasteiger partial charge on any atom is 0.323 e. The van der Waals surface area contributed by atoms with Crippen molar-refractivity contribution in [3.05, 3.63) is 48.0 Å². The largest absolute Gasteiger partial charge is 0.497 e. The lowest BCUT2D eigenvalue weighted by Crippen LogP contribution is -2.19. The number of ether oxygens (including phenoxy) is 1. The van der Waals surface area contributed by atoms with Crippen LogP contribution in [0.2, 0.25) is 0 Å². The summed E-state index contributed by atoms with van der Waals surface area (Å²) >= 11 is 0. The quantitative estimate of drug-likeness (QED) is 0.750. The number of nitrogens with two attached hydrogens (primary N) is 1. The molecule has 0 saturated heterocycles. The van der Waals surface area contributed by atoms with E-state index in [1.165, 1.54) is 0 Å². The molecule has 0 unspecified atom stereocenters. The van der Waals surface area contributed by atoms with E-state index in [4.69, 9.17) is 10.5 Å². The van der Waals surface area contributed by atoms with E-state index in [1.54, 1.807) is 43.5 Å². The molecule has 5 heteroatoms. The normalized spacial score (nSPS) is 9.90. The van der Waals surface area contributed by atoms with Crippen molar-refractivity contribution in [3.63, 3.8) is 0 Å². The SMILES string of the molecule is COc1ccc(NC(=O)Nc2ccc(N)c(C)c2)cc1. The van der Waals surface area contributed by atoms with Gasteiger partial charge in [-0.25, -0.2) is 4.79 Å². The van der Waals surface area contributed by atoms with Crippen LogP contribution in [0.1, 0.15) is 5.56 Å². The van der Waals surface area contributed by atoms with E-state index < -0.39 is 0 Å². The second-order valence-electron chi connectivity index (χ2n) is 4.38. The number of amides is 2. The van der Waals surface area contributed by atoms with Crippen LogP contribution in [0.5, 0.6) is 5.75 Å². The maximum atomic E-state index is 11.8. The van der Waals surface area contributed by atoms with Crippen molar-refractivity contribution in [2.75, 3.05) is 23.5 Å². The van der Waals surface area contributed by atoms with E-state index in [2.05, 4.69) is 10.6 Å². The standard InChI is InChI=1S/C15H17N3O2/c1-10-9-12(5-8-14(10)16)18-15(19)17-11-3-6-13(20-2)7-4-11/h3-9H,16H2,1-2H3,(H2,17,18,19). The van der Waals surface area contributed by atoms with Crippen LogP contribution < -0.4 is 21.1 Å². The van der Waals surface area contributed by atoms with E-state index in [0.717, 1.165) is 11.3 Å². The monoisotopic (exact) mass is 271 g/mol. The second kappa shape index (κ2) is 5.97. The molecule has 0 aromatic heterocycles. The molecular weight excluding hydrogens is 254 g/mol. The molecule has 0 aliphatic rings. The lowest BCUT2D eigenvalue weighted by molar-refractivity contribution is 0.262. The lowest BCUT2D eigenvalue weighted by Gasteiger charge is -2.09.